The maximum absolute atomic E-state index is 4.75. The Morgan fingerprint density at radius 3 is 2.83 bits per heavy atom. The fourth-order valence-corrected chi connectivity index (χ4v) is 3.73. The number of fused-ring (bicyclic) bond motifs is 2. The summed E-state index contributed by atoms with van der Waals surface area (Å²) in [6.45, 7) is 8.35. The summed E-state index contributed by atoms with van der Waals surface area (Å²) >= 11 is 1.55. The van der Waals surface area contributed by atoms with Crippen LogP contribution in [-0.4, -0.2) is 34.6 Å². The van der Waals surface area contributed by atoms with Crippen molar-refractivity contribution in [2.75, 3.05) is 0 Å². The van der Waals surface area contributed by atoms with E-state index in [1.807, 2.05) is 22.3 Å². The number of hydrogen-bond acceptors (Lipinski definition) is 6. The van der Waals surface area contributed by atoms with Crippen LogP contribution in [0.5, 0.6) is 0 Å². The highest BCUT2D eigenvalue weighted by atomic mass is 32.1. The van der Waals surface area contributed by atoms with E-state index in [0.717, 1.165) is 50.9 Å². The van der Waals surface area contributed by atoms with Crippen molar-refractivity contribution in [3.05, 3.63) is 23.8 Å². The molecule has 0 saturated heterocycles. The molecule has 0 aliphatic rings. The summed E-state index contributed by atoms with van der Waals surface area (Å²) in [6, 6.07) is 2.33. The van der Waals surface area contributed by atoms with Crippen LogP contribution in [0.4, 0.5) is 0 Å². The Bertz CT molecular complexity index is 1020. The normalized spacial score (nSPS) is 12.0. The zero-order valence-corrected chi connectivity index (χ0v) is 15.0. The fourth-order valence-electron chi connectivity index (χ4n) is 2.84. The topological polar surface area (TPSA) is 73.8 Å². The highest BCUT2D eigenvalue weighted by Gasteiger charge is 2.18. The summed E-state index contributed by atoms with van der Waals surface area (Å²) in [7, 11) is 0. The average Bonchev–Trinajstić information content (AvgIpc) is 3.21. The van der Waals surface area contributed by atoms with Gasteiger partial charge in [0, 0.05) is 29.1 Å². The second-order valence-corrected chi connectivity index (χ2v) is 7.16. The van der Waals surface area contributed by atoms with Crippen molar-refractivity contribution < 1.29 is 0 Å². The number of aromatic nitrogens is 7. The Labute approximate surface area is 143 Å². The van der Waals surface area contributed by atoms with Gasteiger partial charge in [0.2, 0.25) is 4.96 Å². The Kier molecular flexibility index (Phi) is 3.56. The molecule has 0 N–H and O–H groups in total. The van der Waals surface area contributed by atoms with Gasteiger partial charge < -0.3 is 0 Å². The minimum Gasteiger partial charge on any atom is -0.245 e. The minimum atomic E-state index is 0.263. The number of nitrogens with zero attached hydrogens (tertiary/aromatic N) is 7. The third-order valence-corrected chi connectivity index (χ3v) is 4.88. The largest absolute Gasteiger partial charge is 0.245 e. The summed E-state index contributed by atoms with van der Waals surface area (Å²) in [6.07, 6.45) is 3.78. The molecule has 8 heteroatoms. The Morgan fingerprint density at radius 2 is 2.08 bits per heavy atom. The van der Waals surface area contributed by atoms with Crippen LogP contribution < -0.4 is 0 Å². The van der Waals surface area contributed by atoms with Gasteiger partial charge in [0.15, 0.2) is 11.5 Å². The van der Waals surface area contributed by atoms with E-state index in [-0.39, 0.29) is 6.04 Å². The molecule has 0 aromatic carbocycles. The SMILES string of the molecule is CCCc1nnc2sc(-c3cc(C)nc4c3cnn4C(C)C)nn12. The number of aryl methyl sites for hydroxylation is 2. The molecule has 0 bridgehead atoms. The van der Waals surface area contributed by atoms with E-state index in [4.69, 9.17) is 5.10 Å². The lowest BCUT2D eigenvalue weighted by atomic mass is 10.1. The first-order chi connectivity index (χ1) is 11.6. The summed E-state index contributed by atoms with van der Waals surface area (Å²) < 4.78 is 3.81. The van der Waals surface area contributed by atoms with Crippen LogP contribution in [0.2, 0.25) is 0 Å². The first kappa shape index (κ1) is 15.2. The van der Waals surface area contributed by atoms with Gasteiger partial charge in [0.25, 0.3) is 0 Å². The van der Waals surface area contributed by atoms with Gasteiger partial charge in [-0.15, -0.1) is 10.2 Å². The summed E-state index contributed by atoms with van der Waals surface area (Å²) in [5, 5.41) is 19.7. The van der Waals surface area contributed by atoms with Gasteiger partial charge in [-0.25, -0.2) is 9.67 Å². The molecule has 7 nitrogen and oxygen atoms in total. The van der Waals surface area contributed by atoms with E-state index in [1.165, 1.54) is 0 Å². The molecule has 0 aliphatic heterocycles. The molecule has 124 valence electrons. The summed E-state index contributed by atoms with van der Waals surface area (Å²) in [4.78, 5) is 5.50. The van der Waals surface area contributed by atoms with E-state index in [1.54, 1.807) is 11.3 Å². The van der Waals surface area contributed by atoms with Gasteiger partial charge in [0.05, 0.1) is 6.20 Å². The van der Waals surface area contributed by atoms with Gasteiger partial charge >= 0.3 is 0 Å². The first-order valence-electron chi connectivity index (χ1n) is 8.14. The molecule has 0 atom stereocenters. The van der Waals surface area contributed by atoms with Crippen molar-refractivity contribution in [1.82, 2.24) is 34.6 Å². The maximum Gasteiger partial charge on any atom is 0.234 e. The lowest BCUT2D eigenvalue weighted by Crippen LogP contribution is -2.04. The quantitative estimate of drug-likeness (QED) is 0.568. The zero-order chi connectivity index (χ0) is 16.8. The van der Waals surface area contributed by atoms with Crippen LogP contribution in [0.15, 0.2) is 12.3 Å². The standard InChI is InChI=1S/C16H19N7S/c1-5-6-13-19-20-16-23(13)21-15(24-16)11-7-10(4)18-14-12(11)8-17-22(14)9(2)3/h7-9H,5-6H2,1-4H3. The summed E-state index contributed by atoms with van der Waals surface area (Å²) in [5.41, 5.74) is 2.92. The number of rotatable bonds is 4. The molecular formula is C16H19N7S. The highest BCUT2D eigenvalue weighted by Crippen LogP contribution is 2.32. The van der Waals surface area contributed by atoms with Gasteiger partial charge in [-0.2, -0.15) is 14.7 Å². The number of pyridine rings is 1. The van der Waals surface area contributed by atoms with Crippen molar-refractivity contribution in [2.24, 2.45) is 0 Å². The van der Waals surface area contributed by atoms with Gasteiger partial charge in [-0.05, 0) is 33.3 Å². The second-order valence-electron chi connectivity index (χ2n) is 6.20. The van der Waals surface area contributed by atoms with Gasteiger partial charge in [-0.3, -0.25) is 0 Å². The molecule has 24 heavy (non-hydrogen) atoms. The van der Waals surface area contributed by atoms with E-state index >= 15 is 0 Å². The van der Waals surface area contributed by atoms with E-state index in [0.29, 0.717) is 0 Å². The molecule has 0 amide bonds. The van der Waals surface area contributed by atoms with Crippen molar-refractivity contribution in [2.45, 2.75) is 46.6 Å². The van der Waals surface area contributed by atoms with E-state index in [9.17, 15) is 0 Å². The van der Waals surface area contributed by atoms with Crippen LogP contribution in [0, 0.1) is 6.92 Å². The van der Waals surface area contributed by atoms with Crippen LogP contribution in [-0.2, 0) is 6.42 Å². The molecule has 4 aromatic heterocycles. The molecule has 0 saturated carbocycles. The summed E-state index contributed by atoms with van der Waals surface area (Å²) in [5.74, 6) is 0.912. The van der Waals surface area contributed by atoms with Crippen LogP contribution >= 0.6 is 11.3 Å². The predicted octanol–water partition coefficient (Wildman–Crippen LogP) is 3.44. The molecule has 0 radical (unpaired) electrons. The Hall–Kier alpha value is -2.35. The van der Waals surface area contributed by atoms with Crippen molar-refractivity contribution in [3.8, 4) is 10.6 Å². The zero-order valence-electron chi connectivity index (χ0n) is 14.2. The van der Waals surface area contributed by atoms with Crippen LogP contribution in [0.1, 0.15) is 44.8 Å². The predicted molar refractivity (Wildman–Crippen MR) is 94.3 cm³/mol. The molecule has 4 aromatic rings. The molecule has 4 rings (SSSR count). The lowest BCUT2D eigenvalue weighted by Gasteiger charge is -2.07. The number of hydrogen-bond donors (Lipinski definition) is 0. The van der Waals surface area contributed by atoms with Gasteiger partial charge in [0.1, 0.15) is 5.01 Å². The maximum atomic E-state index is 4.75. The fraction of sp³-hybridized carbons (Fsp3) is 0.438. The molecule has 0 fully saturated rings. The van der Waals surface area contributed by atoms with Crippen LogP contribution in [0.3, 0.4) is 0 Å². The lowest BCUT2D eigenvalue weighted by molar-refractivity contribution is 0.546. The van der Waals surface area contributed by atoms with E-state index < -0.39 is 0 Å². The minimum absolute atomic E-state index is 0.263. The molecule has 4 heterocycles. The highest BCUT2D eigenvalue weighted by molar-refractivity contribution is 7.19. The monoisotopic (exact) mass is 341 g/mol. The third-order valence-electron chi connectivity index (χ3n) is 3.94. The van der Waals surface area contributed by atoms with Crippen molar-refractivity contribution in [1.29, 1.82) is 0 Å². The van der Waals surface area contributed by atoms with E-state index in [2.05, 4.69) is 47.1 Å². The van der Waals surface area contributed by atoms with Crippen LogP contribution in [0.25, 0.3) is 26.6 Å². The second kappa shape index (κ2) is 5.62. The Morgan fingerprint density at radius 1 is 1.25 bits per heavy atom. The van der Waals surface area contributed by atoms with Crippen molar-refractivity contribution >= 4 is 27.3 Å². The molecule has 0 spiro atoms. The molecule has 0 unspecified atom stereocenters. The molecule has 0 aliphatic carbocycles. The average molecular weight is 341 g/mol. The smallest absolute Gasteiger partial charge is 0.234 e. The first-order valence-corrected chi connectivity index (χ1v) is 8.96. The third kappa shape index (κ3) is 2.29. The molecular weight excluding hydrogens is 322 g/mol. The van der Waals surface area contributed by atoms with Crippen molar-refractivity contribution in [3.63, 3.8) is 0 Å². The Balaban J connectivity index is 1.93. The van der Waals surface area contributed by atoms with Gasteiger partial charge in [-0.1, -0.05) is 18.3 Å².